The molecule has 0 unspecified atom stereocenters. The minimum absolute atomic E-state index is 0.00263. The quantitative estimate of drug-likeness (QED) is 0.558. The number of carbonyl (C=O) groups excluding carboxylic acids is 2. The van der Waals surface area contributed by atoms with Crippen LogP contribution >= 0.6 is 11.8 Å². The minimum atomic E-state index is -0.603. The maximum absolute atomic E-state index is 12.2. The average molecular weight is 408 g/mol. The molecule has 2 N–H and O–H groups in total. The van der Waals surface area contributed by atoms with Gasteiger partial charge in [-0.15, -0.1) is 0 Å². The molecule has 1 aliphatic rings. The summed E-state index contributed by atoms with van der Waals surface area (Å²) in [5.74, 6) is -1.20. The van der Waals surface area contributed by atoms with Crippen molar-refractivity contribution in [2.45, 2.75) is 12.3 Å². The summed E-state index contributed by atoms with van der Waals surface area (Å²) in [5, 5.41) is 26.4. The zero-order valence-corrected chi connectivity index (χ0v) is 15.9. The molecule has 29 heavy (non-hydrogen) atoms. The third kappa shape index (κ3) is 5.00. The third-order valence-electron chi connectivity index (χ3n) is 4.24. The summed E-state index contributed by atoms with van der Waals surface area (Å²) in [6.07, 6.45) is 0.00430. The zero-order chi connectivity index (χ0) is 20.8. The van der Waals surface area contributed by atoms with Crippen molar-refractivity contribution in [1.29, 1.82) is 5.26 Å². The van der Waals surface area contributed by atoms with E-state index in [-0.39, 0.29) is 35.2 Å². The fourth-order valence-corrected chi connectivity index (χ4v) is 3.81. The molecule has 0 radical (unpaired) electrons. The Balaban J connectivity index is 1.80. The van der Waals surface area contributed by atoms with Crippen molar-refractivity contribution >= 4 is 35.0 Å². The highest BCUT2D eigenvalue weighted by Crippen LogP contribution is 2.36. The van der Waals surface area contributed by atoms with Crippen LogP contribution in [0, 0.1) is 21.4 Å². The minimum Gasteiger partial charge on any atom is -0.325 e. The molecule has 9 heteroatoms. The number of thioether (sulfide) groups is 1. The number of carbonyl (C=O) groups is 2. The molecule has 1 heterocycles. The van der Waals surface area contributed by atoms with E-state index in [1.807, 2.05) is 6.07 Å². The fourth-order valence-electron chi connectivity index (χ4n) is 2.93. The van der Waals surface area contributed by atoms with E-state index in [9.17, 15) is 25.0 Å². The summed E-state index contributed by atoms with van der Waals surface area (Å²) in [4.78, 5) is 34.9. The Morgan fingerprint density at radius 1 is 1.28 bits per heavy atom. The number of amides is 2. The van der Waals surface area contributed by atoms with Crippen LogP contribution in [0.4, 0.5) is 11.4 Å². The van der Waals surface area contributed by atoms with Gasteiger partial charge < -0.3 is 10.6 Å². The van der Waals surface area contributed by atoms with Crippen molar-refractivity contribution in [2.75, 3.05) is 11.1 Å². The number of nitrogens with zero attached hydrogens (tertiary/aromatic N) is 2. The first-order valence-electron chi connectivity index (χ1n) is 8.64. The Kier molecular flexibility index (Phi) is 6.26. The molecular formula is C20H16N4O4S. The summed E-state index contributed by atoms with van der Waals surface area (Å²) in [7, 11) is 0. The number of nitriles is 1. The second-order valence-corrected chi connectivity index (χ2v) is 7.20. The number of hydrogen-bond acceptors (Lipinski definition) is 6. The van der Waals surface area contributed by atoms with Crippen molar-refractivity contribution in [3.05, 3.63) is 80.9 Å². The zero-order valence-electron chi connectivity index (χ0n) is 15.1. The van der Waals surface area contributed by atoms with Gasteiger partial charge in [0.15, 0.2) is 0 Å². The lowest BCUT2D eigenvalue weighted by molar-refractivity contribution is -0.384. The van der Waals surface area contributed by atoms with E-state index in [1.165, 1.54) is 18.2 Å². The van der Waals surface area contributed by atoms with Crippen molar-refractivity contribution in [2.24, 2.45) is 0 Å². The molecule has 0 saturated carbocycles. The van der Waals surface area contributed by atoms with Gasteiger partial charge in [-0.25, -0.2) is 0 Å². The van der Waals surface area contributed by atoms with Gasteiger partial charge in [0.1, 0.15) is 0 Å². The molecule has 3 rings (SSSR count). The molecule has 0 bridgehead atoms. The number of rotatable bonds is 6. The van der Waals surface area contributed by atoms with Crippen LogP contribution in [0.5, 0.6) is 0 Å². The molecule has 2 aromatic carbocycles. The Morgan fingerprint density at radius 3 is 2.72 bits per heavy atom. The maximum Gasteiger partial charge on any atom is 0.269 e. The van der Waals surface area contributed by atoms with Gasteiger partial charge in [-0.05, 0) is 17.7 Å². The van der Waals surface area contributed by atoms with Gasteiger partial charge in [-0.3, -0.25) is 19.7 Å². The number of para-hydroxylation sites is 1. The molecule has 0 aromatic heterocycles. The highest BCUT2D eigenvalue weighted by atomic mass is 32.2. The van der Waals surface area contributed by atoms with Gasteiger partial charge in [0.25, 0.3) is 5.69 Å². The number of benzene rings is 2. The molecule has 1 atom stereocenters. The summed E-state index contributed by atoms with van der Waals surface area (Å²) in [6.45, 7) is 0. The van der Waals surface area contributed by atoms with Gasteiger partial charge in [0.05, 0.1) is 27.3 Å². The number of anilines is 1. The Hall–Kier alpha value is -3.64. The number of nitro benzene ring substituents is 1. The van der Waals surface area contributed by atoms with Gasteiger partial charge in [-0.2, -0.15) is 5.26 Å². The van der Waals surface area contributed by atoms with E-state index in [0.717, 1.165) is 11.8 Å². The molecule has 1 aliphatic heterocycles. The molecule has 0 fully saturated rings. The lowest BCUT2D eigenvalue weighted by atomic mass is 9.87. The van der Waals surface area contributed by atoms with Gasteiger partial charge in [0, 0.05) is 30.2 Å². The first kappa shape index (κ1) is 20.1. The van der Waals surface area contributed by atoms with Gasteiger partial charge >= 0.3 is 0 Å². The van der Waals surface area contributed by atoms with E-state index in [0.29, 0.717) is 16.3 Å². The number of allylic oxidation sites excluding steroid dienone is 1. The monoisotopic (exact) mass is 408 g/mol. The number of nitrogens with one attached hydrogen (secondary N) is 2. The summed E-state index contributed by atoms with van der Waals surface area (Å²) in [5.41, 5.74) is 1.33. The van der Waals surface area contributed by atoms with Crippen LogP contribution in [0.1, 0.15) is 17.9 Å². The molecular weight excluding hydrogens is 392 g/mol. The van der Waals surface area contributed by atoms with E-state index in [1.54, 1.807) is 30.3 Å². The molecule has 146 valence electrons. The summed E-state index contributed by atoms with van der Waals surface area (Å²) in [6, 6.07) is 16.9. The van der Waals surface area contributed by atoms with Crippen LogP contribution in [-0.4, -0.2) is 22.5 Å². The van der Waals surface area contributed by atoms with E-state index in [2.05, 4.69) is 16.7 Å². The smallest absolute Gasteiger partial charge is 0.269 e. The van der Waals surface area contributed by atoms with Crippen molar-refractivity contribution in [3.63, 3.8) is 0 Å². The molecule has 0 spiro atoms. The fraction of sp³-hybridized carbons (Fsp3) is 0.150. The number of non-ortho nitro benzene ring substituents is 1. The average Bonchev–Trinajstić information content (AvgIpc) is 2.72. The van der Waals surface area contributed by atoms with Crippen LogP contribution in [0.3, 0.4) is 0 Å². The molecule has 8 nitrogen and oxygen atoms in total. The first-order valence-corrected chi connectivity index (χ1v) is 9.62. The van der Waals surface area contributed by atoms with Gasteiger partial charge in [0.2, 0.25) is 11.8 Å². The first-order chi connectivity index (χ1) is 14.0. The van der Waals surface area contributed by atoms with Crippen LogP contribution in [0.25, 0.3) is 0 Å². The second-order valence-electron chi connectivity index (χ2n) is 6.21. The SMILES string of the molecule is N#CC1=C(SCC(=O)Nc2ccccc2)NC(=O)C[C@H]1c1cccc([N+](=O)[O-])c1. The van der Waals surface area contributed by atoms with E-state index < -0.39 is 10.8 Å². The van der Waals surface area contributed by atoms with Crippen LogP contribution in [0.15, 0.2) is 65.2 Å². The number of hydrogen-bond donors (Lipinski definition) is 2. The predicted octanol–water partition coefficient (Wildman–Crippen LogP) is 3.31. The largest absolute Gasteiger partial charge is 0.325 e. The Morgan fingerprint density at radius 2 is 2.03 bits per heavy atom. The van der Waals surface area contributed by atoms with E-state index >= 15 is 0 Å². The highest BCUT2D eigenvalue weighted by molar-refractivity contribution is 8.03. The summed E-state index contributed by atoms with van der Waals surface area (Å²) >= 11 is 1.05. The van der Waals surface area contributed by atoms with Gasteiger partial charge in [-0.1, -0.05) is 42.1 Å². The van der Waals surface area contributed by atoms with E-state index in [4.69, 9.17) is 0 Å². The third-order valence-corrected chi connectivity index (χ3v) is 5.26. The normalized spacial score (nSPS) is 16.0. The molecule has 0 aliphatic carbocycles. The molecule has 0 saturated heterocycles. The Bertz CT molecular complexity index is 1030. The molecule has 2 aromatic rings. The number of nitro groups is 1. The van der Waals surface area contributed by atoms with Crippen LogP contribution < -0.4 is 10.6 Å². The van der Waals surface area contributed by atoms with Crippen molar-refractivity contribution in [3.8, 4) is 6.07 Å². The summed E-state index contributed by atoms with van der Waals surface area (Å²) < 4.78 is 0. The Labute approximate surface area is 170 Å². The van der Waals surface area contributed by atoms with Crippen molar-refractivity contribution < 1.29 is 14.5 Å². The predicted molar refractivity (Wildman–Crippen MR) is 109 cm³/mol. The van der Waals surface area contributed by atoms with Crippen LogP contribution in [0.2, 0.25) is 0 Å². The maximum atomic E-state index is 12.2. The topological polar surface area (TPSA) is 125 Å². The van der Waals surface area contributed by atoms with Crippen molar-refractivity contribution in [1.82, 2.24) is 5.32 Å². The standard InChI is InChI=1S/C20H16N4O4S/c21-11-17-16(13-5-4-8-15(9-13)24(27)28)10-18(25)23-20(17)29-12-19(26)22-14-6-2-1-3-7-14/h1-9,16H,10,12H2,(H,22,26)(H,23,25)/t16-/m0/s1. The second kappa shape index (κ2) is 9.03. The van der Waals surface area contributed by atoms with Crippen LogP contribution in [-0.2, 0) is 9.59 Å². The highest BCUT2D eigenvalue weighted by Gasteiger charge is 2.30. The lowest BCUT2D eigenvalue weighted by Gasteiger charge is -2.24. The molecule has 2 amide bonds. The lowest BCUT2D eigenvalue weighted by Crippen LogP contribution is -2.31.